The first-order valence-electron chi connectivity index (χ1n) is 10.6. The van der Waals surface area contributed by atoms with Gasteiger partial charge in [-0.05, 0) is 76.5 Å². The van der Waals surface area contributed by atoms with Crippen molar-refractivity contribution in [1.82, 2.24) is 5.43 Å². The highest BCUT2D eigenvalue weighted by Crippen LogP contribution is 2.38. The van der Waals surface area contributed by atoms with Gasteiger partial charge in [0, 0.05) is 12.1 Å². The number of rotatable bonds is 8. The number of hydrogen-bond acceptors (Lipinski definition) is 6. The lowest BCUT2D eigenvalue weighted by Gasteiger charge is -2.15. The lowest BCUT2D eigenvalue weighted by molar-refractivity contribution is -0.384. The number of halogens is 1. The molecule has 35 heavy (non-hydrogen) atoms. The normalized spacial score (nSPS) is 14.2. The molecule has 0 saturated carbocycles. The van der Waals surface area contributed by atoms with Crippen molar-refractivity contribution in [3.63, 3.8) is 0 Å². The number of ether oxygens (including phenoxy) is 2. The molecule has 0 spiro atoms. The molecule has 10 heteroatoms. The monoisotopic (exact) mass is 537 g/mol. The number of benzene rings is 3. The maximum absolute atomic E-state index is 12.9. The molecule has 1 aliphatic heterocycles. The number of nitrogens with one attached hydrogen (secondary N) is 1. The molecular formula is C25H20BrN3O6. The van der Waals surface area contributed by atoms with Crippen LogP contribution in [-0.2, 0) is 16.2 Å². The summed E-state index contributed by atoms with van der Waals surface area (Å²) in [6, 6.07) is 18.3. The van der Waals surface area contributed by atoms with Crippen LogP contribution in [0.3, 0.4) is 0 Å². The summed E-state index contributed by atoms with van der Waals surface area (Å²) in [6.45, 7) is 2.34. The van der Waals surface area contributed by atoms with Gasteiger partial charge in [0.15, 0.2) is 11.5 Å². The molecule has 3 aromatic rings. The SMILES string of the molecule is CCOc1cc(/C=C2/C(=O)NN(c3ccccc3)C2=O)cc(Br)c1OCc1ccc([N+](=O)[O-])cc1. The van der Waals surface area contributed by atoms with Gasteiger partial charge in [0.25, 0.3) is 17.5 Å². The van der Waals surface area contributed by atoms with Gasteiger partial charge in [0.2, 0.25) is 0 Å². The molecule has 0 aromatic heterocycles. The van der Waals surface area contributed by atoms with E-state index in [2.05, 4.69) is 21.4 Å². The lowest BCUT2D eigenvalue weighted by Crippen LogP contribution is -2.35. The summed E-state index contributed by atoms with van der Waals surface area (Å²) >= 11 is 3.48. The van der Waals surface area contributed by atoms with E-state index in [1.54, 1.807) is 48.5 Å². The minimum atomic E-state index is -0.508. The van der Waals surface area contributed by atoms with Crippen molar-refractivity contribution in [2.45, 2.75) is 13.5 Å². The summed E-state index contributed by atoms with van der Waals surface area (Å²) < 4.78 is 12.2. The molecule has 1 aliphatic rings. The Kier molecular flexibility index (Phi) is 7.11. The number of hydrogen-bond donors (Lipinski definition) is 1. The fraction of sp³-hybridized carbons (Fsp3) is 0.120. The van der Waals surface area contributed by atoms with Crippen LogP contribution in [0.1, 0.15) is 18.1 Å². The van der Waals surface area contributed by atoms with E-state index in [9.17, 15) is 19.7 Å². The van der Waals surface area contributed by atoms with Crippen molar-refractivity contribution >= 4 is 45.2 Å². The smallest absolute Gasteiger partial charge is 0.282 e. The van der Waals surface area contributed by atoms with Gasteiger partial charge in [0.1, 0.15) is 12.2 Å². The fourth-order valence-corrected chi connectivity index (χ4v) is 4.00. The fourth-order valence-electron chi connectivity index (χ4n) is 3.43. The Labute approximate surface area is 209 Å². The Morgan fingerprint density at radius 2 is 1.77 bits per heavy atom. The van der Waals surface area contributed by atoms with Crippen molar-refractivity contribution in [1.29, 1.82) is 0 Å². The van der Waals surface area contributed by atoms with Crippen LogP contribution in [0.25, 0.3) is 6.08 Å². The number of non-ortho nitro benzene ring substituents is 1. The number of nitro groups is 1. The second-order valence-corrected chi connectivity index (χ2v) is 8.30. The van der Waals surface area contributed by atoms with Crippen LogP contribution >= 0.6 is 15.9 Å². The average molecular weight is 538 g/mol. The molecule has 0 bridgehead atoms. The zero-order valence-corrected chi connectivity index (χ0v) is 20.2. The topological polar surface area (TPSA) is 111 Å². The van der Waals surface area contributed by atoms with E-state index in [0.29, 0.717) is 33.8 Å². The van der Waals surface area contributed by atoms with Gasteiger partial charge in [0.05, 0.1) is 21.7 Å². The molecular weight excluding hydrogens is 518 g/mol. The molecule has 3 aromatic carbocycles. The van der Waals surface area contributed by atoms with E-state index < -0.39 is 16.7 Å². The average Bonchev–Trinajstić information content (AvgIpc) is 3.13. The summed E-state index contributed by atoms with van der Waals surface area (Å²) in [5, 5.41) is 12.0. The Bertz CT molecular complexity index is 1310. The molecule has 0 radical (unpaired) electrons. The van der Waals surface area contributed by atoms with E-state index in [0.717, 1.165) is 5.56 Å². The van der Waals surface area contributed by atoms with Crippen molar-refractivity contribution in [3.05, 3.63) is 98.0 Å². The summed E-state index contributed by atoms with van der Waals surface area (Å²) in [5.74, 6) is -0.123. The summed E-state index contributed by atoms with van der Waals surface area (Å²) in [7, 11) is 0. The van der Waals surface area contributed by atoms with Crippen LogP contribution in [0.4, 0.5) is 11.4 Å². The zero-order chi connectivity index (χ0) is 24.9. The third kappa shape index (κ3) is 5.33. The molecule has 0 atom stereocenters. The molecule has 1 fully saturated rings. The predicted octanol–water partition coefficient (Wildman–Crippen LogP) is 4.80. The van der Waals surface area contributed by atoms with Gasteiger partial charge >= 0.3 is 0 Å². The number of carbonyl (C=O) groups is 2. The van der Waals surface area contributed by atoms with Gasteiger partial charge in [-0.25, -0.2) is 5.01 Å². The first-order chi connectivity index (χ1) is 16.9. The number of carbonyl (C=O) groups excluding carboxylic acids is 2. The van der Waals surface area contributed by atoms with Gasteiger partial charge < -0.3 is 9.47 Å². The zero-order valence-electron chi connectivity index (χ0n) is 18.6. The first kappa shape index (κ1) is 24.0. The highest BCUT2D eigenvalue weighted by molar-refractivity contribution is 9.10. The standard InChI is InChI=1S/C25H20BrN3O6/c1-2-34-22-14-17(12-20-24(30)27-28(25(20)31)18-6-4-3-5-7-18)13-21(26)23(22)35-15-16-8-10-19(11-9-16)29(32)33/h3-14H,2,15H2,1H3,(H,27,30)/b20-12-. The molecule has 9 nitrogen and oxygen atoms in total. The molecule has 1 N–H and O–H groups in total. The number of nitrogens with zero attached hydrogens (tertiary/aromatic N) is 2. The quantitative estimate of drug-likeness (QED) is 0.191. The largest absolute Gasteiger partial charge is 0.490 e. The number of nitro benzene ring substituents is 1. The molecule has 1 saturated heterocycles. The van der Waals surface area contributed by atoms with Crippen molar-refractivity contribution in [3.8, 4) is 11.5 Å². The Morgan fingerprint density at radius 3 is 2.43 bits per heavy atom. The lowest BCUT2D eigenvalue weighted by atomic mass is 10.1. The van der Waals surface area contributed by atoms with E-state index in [1.165, 1.54) is 23.2 Å². The minimum Gasteiger partial charge on any atom is -0.490 e. The third-order valence-electron chi connectivity index (χ3n) is 5.08. The Morgan fingerprint density at radius 1 is 1.06 bits per heavy atom. The first-order valence-corrected chi connectivity index (χ1v) is 11.4. The van der Waals surface area contributed by atoms with Gasteiger partial charge in [-0.2, -0.15) is 0 Å². The van der Waals surface area contributed by atoms with E-state index >= 15 is 0 Å². The summed E-state index contributed by atoms with van der Waals surface area (Å²) in [6.07, 6.45) is 1.49. The minimum absolute atomic E-state index is 0.00125. The van der Waals surface area contributed by atoms with Crippen molar-refractivity contribution < 1.29 is 24.0 Å². The van der Waals surface area contributed by atoms with Gasteiger partial charge in [-0.3, -0.25) is 25.1 Å². The Balaban J connectivity index is 1.58. The summed E-state index contributed by atoms with van der Waals surface area (Å²) in [4.78, 5) is 35.8. The van der Waals surface area contributed by atoms with Crippen LogP contribution in [-0.4, -0.2) is 23.3 Å². The van der Waals surface area contributed by atoms with Crippen LogP contribution in [0.15, 0.2) is 76.8 Å². The van der Waals surface area contributed by atoms with Crippen molar-refractivity contribution in [2.24, 2.45) is 0 Å². The molecule has 178 valence electrons. The highest BCUT2D eigenvalue weighted by Gasteiger charge is 2.34. The maximum Gasteiger partial charge on any atom is 0.282 e. The molecule has 4 rings (SSSR count). The van der Waals surface area contributed by atoms with E-state index in [4.69, 9.17) is 9.47 Å². The molecule has 0 unspecified atom stereocenters. The van der Waals surface area contributed by atoms with Gasteiger partial charge in [-0.1, -0.05) is 18.2 Å². The second kappa shape index (κ2) is 10.4. The maximum atomic E-state index is 12.9. The van der Waals surface area contributed by atoms with Crippen LogP contribution in [0.2, 0.25) is 0 Å². The number of para-hydroxylation sites is 1. The highest BCUT2D eigenvalue weighted by atomic mass is 79.9. The molecule has 1 heterocycles. The predicted molar refractivity (Wildman–Crippen MR) is 133 cm³/mol. The van der Waals surface area contributed by atoms with E-state index in [1.807, 2.05) is 13.0 Å². The third-order valence-corrected chi connectivity index (χ3v) is 5.67. The number of anilines is 1. The van der Waals surface area contributed by atoms with Gasteiger partial charge in [-0.15, -0.1) is 0 Å². The van der Waals surface area contributed by atoms with Crippen molar-refractivity contribution in [2.75, 3.05) is 11.6 Å². The van der Waals surface area contributed by atoms with Crippen LogP contribution in [0.5, 0.6) is 11.5 Å². The molecule has 0 aliphatic carbocycles. The van der Waals surface area contributed by atoms with E-state index in [-0.39, 0.29) is 17.9 Å². The number of hydrazine groups is 1. The van der Waals surface area contributed by atoms with Crippen LogP contribution in [0, 0.1) is 10.1 Å². The Hall–Kier alpha value is -4.18. The van der Waals surface area contributed by atoms with Crippen LogP contribution < -0.4 is 19.9 Å². The summed E-state index contributed by atoms with van der Waals surface area (Å²) in [5.41, 5.74) is 4.42. The second-order valence-electron chi connectivity index (χ2n) is 7.45. The number of amides is 2. The molecule has 2 amide bonds.